The Bertz CT molecular complexity index is 1220. The summed E-state index contributed by atoms with van der Waals surface area (Å²) in [4.78, 5) is 15.3. The van der Waals surface area contributed by atoms with Crippen LogP contribution in [0, 0.1) is 0 Å². The summed E-state index contributed by atoms with van der Waals surface area (Å²) in [6.07, 6.45) is 5.02. The summed E-state index contributed by atoms with van der Waals surface area (Å²) >= 11 is 4.67. The lowest BCUT2D eigenvalue weighted by atomic mass is 10.2. The number of amidine groups is 1. The maximum absolute atomic E-state index is 13.2. The number of carbonyl (C=O) groups excluding carboxylic acids is 1. The highest BCUT2D eigenvalue weighted by Crippen LogP contribution is 2.35. The zero-order valence-electron chi connectivity index (χ0n) is 17.9. The molecule has 1 fully saturated rings. The van der Waals surface area contributed by atoms with Gasteiger partial charge in [0.25, 0.3) is 5.91 Å². The van der Waals surface area contributed by atoms with E-state index in [9.17, 15) is 4.79 Å². The monoisotopic (exact) mass is 525 g/mol. The van der Waals surface area contributed by atoms with Crippen molar-refractivity contribution in [1.82, 2.24) is 4.90 Å². The Morgan fingerprint density at radius 1 is 1.06 bits per heavy atom. The predicted octanol–water partition coefficient (Wildman–Crippen LogP) is 5.57. The molecule has 9 heteroatoms. The molecule has 0 aliphatic carbocycles. The Labute approximate surface area is 203 Å². The number of benzene rings is 2. The minimum absolute atomic E-state index is 0.177. The molecule has 0 atom stereocenters. The molecule has 2 aromatic carbocycles. The number of carbonyl (C=O) groups is 1. The van der Waals surface area contributed by atoms with Crippen LogP contribution in [0.15, 0.2) is 84.9 Å². The molecule has 0 spiro atoms. The predicted molar refractivity (Wildman–Crippen MR) is 134 cm³/mol. The van der Waals surface area contributed by atoms with Crippen molar-refractivity contribution in [2.75, 3.05) is 14.2 Å². The van der Waals surface area contributed by atoms with Gasteiger partial charge in [0, 0.05) is 4.47 Å². The van der Waals surface area contributed by atoms with E-state index in [1.54, 1.807) is 49.8 Å². The fraction of sp³-hybridized carbons (Fsp3) is 0.125. The van der Waals surface area contributed by atoms with Gasteiger partial charge in [0.15, 0.2) is 16.7 Å². The number of nitrogens with zero attached hydrogens (tertiary/aromatic N) is 3. The molecule has 1 aliphatic heterocycles. The summed E-state index contributed by atoms with van der Waals surface area (Å²) < 4.78 is 17.1. The average molecular weight is 526 g/mol. The molecule has 4 rings (SSSR count). The molecule has 0 N–H and O–H groups in total. The fourth-order valence-corrected chi connectivity index (χ4v) is 4.27. The van der Waals surface area contributed by atoms with Crippen LogP contribution in [0.5, 0.6) is 11.5 Å². The van der Waals surface area contributed by atoms with Crippen LogP contribution in [0.1, 0.15) is 16.9 Å². The van der Waals surface area contributed by atoms with E-state index in [1.165, 1.54) is 11.8 Å². The molecule has 1 saturated heterocycles. The van der Waals surface area contributed by atoms with E-state index < -0.39 is 0 Å². The van der Waals surface area contributed by atoms with Crippen molar-refractivity contribution in [3.05, 3.63) is 87.1 Å². The molecular formula is C24H20BrN3O4S. The first kappa shape index (κ1) is 22.9. The maximum Gasteiger partial charge on any atom is 0.267 e. The standard InChI is InChI=1S/C24H20BrN3O4S/c1-30-20-10-7-17(12-21(20)31-2)13-22-23(29)28(15-19-4-3-11-32-19)24(33-22)27-26-14-16-5-8-18(25)9-6-16/h3-14H,15H2,1-2H3/b22-13-,26-14-,27-24+. The lowest BCUT2D eigenvalue weighted by Gasteiger charge is -2.12. The van der Waals surface area contributed by atoms with Crippen molar-refractivity contribution >= 4 is 51.1 Å². The molecule has 0 saturated carbocycles. The summed E-state index contributed by atoms with van der Waals surface area (Å²) in [5, 5.41) is 8.99. The minimum Gasteiger partial charge on any atom is -0.493 e. The number of hydrogen-bond donors (Lipinski definition) is 0. The molecule has 7 nitrogen and oxygen atoms in total. The quantitative estimate of drug-likeness (QED) is 0.229. The molecule has 33 heavy (non-hydrogen) atoms. The third kappa shape index (κ3) is 5.55. The van der Waals surface area contributed by atoms with E-state index in [0.717, 1.165) is 15.6 Å². The Morgan fingerprint density at radius 3 is 2.52 bits per heavy atom. The van der Waals surface area contributed by atoms with Crippen LogP contribution in [0.25, 0.3) is 6.08 Å². The van der Waals surface area contributed by atoms with Crippen molar-refractivity contribution in [2.24, 2.45) is 10.2 Å². The number of halogens is 1. The number of hydrogen-bond acceptors (Lipinski definition) is 7. The molecular weight excluding hydrogens is 506 g/mol. The van der Waals surface area contributed by atoms with E-state index in [1.807, 2.05) is 42.5 Å². The van der Waals surface area contributed by atoms with E-state index >= 15 is 0 Å². The summed E-state index contributed by atoms with van der Waals surface area (Å²) in [7, 11) is 3.15. The van der Waals surface area contributed by atoms with Crippen LogP contribution < -0.4 is 9.47 Å². The second kappa shape index (κ2) is 10.5. The number of thioether (sulfide) groups is 1. The van der Waals surface area contributed by atoms with E-state index in [-0.39, 0.29) is 12.5 Å². The Hall–Kier alpha value is -3.30. The van der Waals surface area contributed by atoms with Crippen molar-refractivity contribution < 1.29 is 18.7 Å². The number of ether oxygens (including phenoxy) is 2. The topological polar surface area (TPSA) is 76.6 Å². The summed E-state index contributed by atoms with van der Waals surface area (Å²) in [6, 6.07) is 16.8. The van der Waals surface area contributed by atoms with Crippen LogP contribution in [0.3, 0.4) is 0 Å². The van der Waals surface area contributed by atoms with Gasteiger partial charge in [0.2, 0.25) is 0 Å². The summed E-state index contributed by atoms with van der Waals surface area (Å²) in [5.41, 5.74) is 1.71. The molecule has 3 aromatic rings. The van der Waals surface area contributed by atoms with E-state index in [0.29, 0.717) is 27.3 Å². The molecule has 1 amide bonds. The highest BCUT2D eigenvalue weighted by Gasteiger charge is 2.34. The van der Waals surface area contributed by atoms with Crippen LogP contribution in [-0.2, 0) is 11.3 Å². The van der Waals surface area contributed by atoms with Gasteiger partial charge in [-0.1, -0.05) is 34.1 Å². The van der Waals surface area contributed by atoms with Crippen LogP contribution in [0.4, 0.5) is 0 Å². The summed E-state index contributed by atoms with van der Waals surface area (Å²) in [5.74, 6) is 1.68. The number of furan rings is 1. The van der Waals surface area contributed by atoms with Crippen molar-refractivity contribution in [1.29, 1.82) is 0 Å². The van der Waals surface area contributed by atoms with Crippen molar-refractivity contribution in [2.45, 2.75) is 6.54 Å². The lowest BCUT2D eigenvalue weighted by molar-refractivity contribution is -0.122. The first-order valence-electron chi connectivity index (χ1n) is 9.90. The molecule has 1 aliphatic rings. The van der Waals surface area contributed by atoms with Crippen LogP contribution in [-0.4, -0.2) is 36.4 Å². The van der Waals surface area contributed by atoms with Gasteiger partial charge in [-0.05, 0) is 65.4 Å². The van der Waals surface area contributed by atoms with Gasteiger partial charge in [0.05, 0.1) is 38.1 Å². The van der Waals surface area contributed by atoms with Crippen LogP contribution in [0.2, 0.25) is 0 Å². The van der Waals surface area contributed by atoms with Gasteiger partial charge in [-0.2, -0.15) is 5.10 Å². The minimum atomic E-state index is -0.177. The number of amides is 1. The van der Waals surface area contributed by atoms with Crippen molar-refractivity contribution in [3.63, 3.8) is 0 Å². The SMILES string of the molecule is COc1ccc(/C=C2\S/C(=N/N=C\c3ccc(Br)cc3)N(Cc3ccco3)C2=O)cc1OC. The van der Waals surface area contributed by atoms with E-state index in [4.69, 9.17) is 13.9 Å². The first-order valence-corrected chi connectivity index (χ1v) is 11.5. The third-order valence-electron chi connectivity index (χ3n) is 4.71. The van der Waals surface area contributed by atoms with Gasteiger partial charge in [-0.15, -0.1) is 5.10 Å². The first-order chi connectivity index (χ1) is 16.1. The third-order valence-corrected chi connectivity index (χ3v) is 6.23. The molecule has 168 valence electrons. The maximum atomic E-state index is 13.2. The van der Waals surface area contributed by atoms with Gasteiger partial charge >= 0.3 is 0 Å². The number of methoxy groups -OCH3 is 2. The highest BCUT2D eigenvalue weighted by molar-refractivity contribution is 9.10. The average Bonchev–Trinajstić information content (AvgIpc) is 3.44. The second-order valence-corrected chi connectivity index (χ2v) is 8.80. The number of rotatable bonds is 7. The Morgan fingerprint density at radius 2 is 1.82 bits per heavy atom. The molecule has 0 bridgehead atoms. The molecule has 0 unspecified atom stereocenters. The van der Waals surface area contributed by atoms with E-state index in [2.05, 4.69) is 26.1 Å². The van der Waals surface area contributed by atoms with Crippen LogP contribution >= 0.6 is 27.7 Å². The Kier molecular flexibility index (Phi) is 7.31. The largest absolute Gasteiger partial charge is 0.493 e. The molecule has 1 aromatic heterocycles. The normalized spacial score (nSPS) is 16.3. The zero-order valence-corrected chi connectivity index (χ0v) is 20.3. The highest BCUT2D eigenvalue weighted by atomic mass is 79.9. The lowest BCUT2D eigenvalue weighted by Crippen LogP contribution is -2.28. The van der Waals surface area contributed by atoms with Gasteiger partial charge in [0.1, 0.15) is 5.76 Å². The summed E-state index contributed by atoms with van der Waals surface area (Å²) in [6.45, 7) is 0.259. The van der Waals surface area contributed by atoms with Gasteiger partial charge in [-0.3, -0.25) is 9.69 Å². The fourth-order valence-electron chi connectivity index (χ4n) is 3.07. The zero-order chi connectivity index (χ0) is 23.2. The van der Waals surface area contributed by atoms with Crippen molar-refractivity contribution in [3.8, 4) is 11.5 Å². The van der Waals surface area contributed by atoms with Gasteiger partial charge < -0.3 is 13.9 Å². The second-order valence-electron chi connectivity index (χ2n) is 6.87. The molecule has 2 heterocycles. The molecule has 0 radical (unpaired) electrons. The van der Waals surface area contributed by atoms with Gasteiger partial charge in [-0.25, -0.2) is 0 Å². The Balaban J connectivity index is 1.62. The smallest absolute Gasteiger partial charge is 0.267 e.